The summed E-state index contributed by atoms with van der Waals surface area (Å²) < 4.78 is 0. The quantitative estimate of drug-likeness (QED) is 0.592. The fraction of sp³-hybridized carbons (Fsp3) is 0.500. The van der Waals surface area contributed by atoms with E-state index in [-0.39, 0.29) is 6.61 Å². The number of aliphatic imine (C=N–C) groups is 1. The van der Waals surface area contributed by atoms with E-state index in [1.165, 1.54) is 0 Å². The maximum Gasteiger partial charge on any atom is 0.0626 e. The Bertz CT molecular complexity index is 404. The SMILES string of the molecule is Cc1cc(N(CCCl)CCCl)ccc1/C=N/CCO. The van der Waals surface area contributed by atoms with Gasteiger partial charge in [-0.05, 0) is 30.2 Å². The molecule has 0 atom stereocenters. The summed E-state index contributed by atoms with van der Waals surface area (Å²) in [7, 11) is 0. The summed E-state index contributed by atoms with van der Waals surface area (Å²) in [6.45, 7) is 4.12. The summed E-state index contributed by atoms with van der Waals surface area (Å²) in [6, 6.07) is 6.19. The summed E-state index contributed by atoms with van der Waals surface area (Å²) in [5.74, 6) is 1.16. The van der Waals surface area contributed by atoms with Crippen LogP contribution in [-0.2, 0) is 0 Å². The molecule has 0 spiro atoms. The largest absolute Gasteiger partial charge is 0.394 e. The molecule has 0 aliphatic rings. The lowest BCUT2D eigenvalue weighted by Gasteiger charge is -2.23. The predicted molar refractivity (Wildman–Crippen MR) is 84.4 cm³/mol. The number of halogens is 2. The van der Waals surface area contributed by atoms with Crippen LogP contribution in [0.25, 0.3) is 0 Å². The van der Waals surface area contributed by atoms with Crippen LogP contribution in [0.15, 0.2) is 23.2 Å². The molecule has 0 aliphatic heterocycles. The zero-order valence-corrected chi connectivity index (χ0v) is 12.7. The van der Waals surface area contributed by atoms with Gasteiger partial charge in [0.15, 0.2) is 0 Å². The van der Waals surface area contributed by atoms with Gasteiger partial charge in [-0.3, -0.25) is 4.99 Å². The van der Waals surface area contributed by atoms with Gasteiger partial charge >= 0.3 is 0 Å². The van der Waals surface area contributed by atoms with Crippen molar-refractivity contribution in [2.24, 2.45) is 4.99 Å². The first-order valence-electron chi connectivity index (χ1n) is 6.31. The number of anilines is 1. The Morgan fingerprint density at radius 1 is 1.26 bits per heavy atom. The second kappa shape index (κ2) is 9.18. The van der Waals surface area contributed by atoms with Crippen molar-refractivity contribution in [1.82, 2.24) is 0 Å². The van der Waals surface area contributed by atoms with Crippen LogP contribution in [0.5, 0.6) is 0 Å². The van der Waals surface area contributed by atoms with Gasteiger partial charge in [-0.15, -0.1) is 23.2 Å². The van der Waals surface area contributed by atoms with E-state index in [4.69, 9.17) is 28.3 Å². The molecular weight excluding hydrogens is 283 g/mol. The van der Waals surface area contributed by atoms with Crippen molar-refractivity contribution in [2.45, 2.75) is 6.92 Å². The Labute approximate surface area is 124 Å². The Hall–Kier alpha value is -0.770. The number of alkyl halides is 2. The molecule has 19 heavy (non-hydrogen) atoms. The van der Waals surface area contributed by atoms with Gasteiger partial charge in [0.05, 0.1) is 13.2 Å². The standard InChI is InChI=1S/C14H20Cl2N2O/c1-12-10-14(18(7-4-15)8-5-16)3-2-13(12)11-17-6-9-19/h2-3,10-11,19H,4-9H2,1H3/b17-11+. The highest BCUT2D eigenvalue weighted by Crippen LogP contribution is 2.18. The van der Waals surface area contributed by atoms with Gasteiger partial charge in [-0.25, -0.2) is 0 Å². The first-order valence-corrected chi connectivity index (χ1v) is 7.38. The number of benzene rings is 1. The van der Waals surface area contributed by atoms with Crippen molar-refractivity contribution in [2.75, 3.05) is 42.9 Å². The molecule has 1 aromatic rings. The number of nitrogens with zero attached hydrogens (tertiary/aromatic N) is 2. The maximum absolute atomic E-state index is 8.70. The molecule has 1 N–H and O–H groups in total. The van der Waals surface area contributed by atoms with Gasteiger partial charge in [0.1, 0.15) is 0 Å². The lowest BCUT2D eigenvalue weighted by molar-refractivity contribution is 0.307. The van der Waals surface area contributed by atoms with Crippen LogP contribution in [0.2, 0.25) is 0 Å². The second-order valence-corrected chi connectivity index (χ2v) is 4.92. The van der Waals surface area contributed by atoms with Crippen molar-refractivity contribution < 1.29 is 5.11 Å². The summed E-state index contributed by atoms with van der Waals surface area (Å²) in [5.41, 5.74) is 3.33. The zero-order valence-electron chi connectivity index (χ0n) is 11.1. The number of aliphatic hydroxyl groups is 1. The molecule has 0 heterocycles. The van der Waals surface area contributed by atoms with Gasteiger partial charge in [0.2, 0.25) is 0 Å². The molecule has 106 valence electrons. The van der Waals surface area contributed by atoms with E-state index in [2.05, 4.69) is 16.0 Å². The molecule has 0 fully saturated rings. The molecule has 1 rings (SSSR count). The molecule has 5 heteroatoms. The van der Waals surface area contributed by atoms with Crippen LogP contribution >= 0.6 is 23.2 Å². The third-order valence-corrected chi connectivity index (χ3v) is 3.12. The Morgan fingerprint density at radius 3 is 2.47 bits per heavy atom. The number of rotatable bonds is 8. The summed E-state index contributed by atoms with van der Waals surface area (Å²) in [6.07, 6.45) is 1.79. The number of hydrogen-bond donors (Lipinski definition) is 1. The molecule has 1 aromatic carbocycles. The van der Waals surface area contributed by atoms with Crippen molar-refractivity contribution >= 4 is 35.1 Å². The van der Waals surface area contributed by atoms with Crippen LogP contribution in [0.3, 0.4) is 0 Å². The summed E-state index contributed by atoms with van der Waals surface area (Å²) in [4.78, 5) is 6.31. The minimum Gasteiger partial charge on any atom is -0.394 e. The Balaban J connectivity index is 2.84. The Kier molecular flexibility index (Phi) is 7.87. The zero-order chi connectivity index (χ0) is 14.1. The molecular formula is C14H20Cl2N2O. The van der Waals surface area contributed by atoms with Gasteiger partial charge in [0.25, 0.3) is 0 Å². The minimum atomic E-state index is 0.0762. The van der Waals surface area contributed by atoms with Crippen LogP contribution in [0, 0.1) is 6.92 Å². The summed E-state index contributed by atoms with van der Waals surface area (Å²) >= 11 is 11.6. The van der Waals surface area contributed by atoms with E-state index < -0.39 is 0 Å². The van der Waals surface area contributed by atoms with E-state index in [1.54, 1.807) is 6.21 Å². The molecule has 0 aromatic heterocycles. The molecule has 0 unspecified atom stereocenters. The van der Waals surface area contributed by atoms with Crippen molar-refractivity contribution in [1.29, 1.82) is 0 Å². The minimum absolute atomic E-state index is 0.0762. The molecule has 0 saturated carbocycles. The third-order valence-electron chi connectivity index (χ3n) is 2.79. The van der Waals surface area contributed by atoms with Gasteiger partial charge in [0, 0.05) is 36.8 Å². The average molecular weight is 303 g/mol. The third kappa shape index (κ3) is 5.39. The molecule has 3 nitrogen and oxygen atoms in total. The monoisotopic (exact) mass is 302 g/mol. The fourth-order valence-electron chi connectivity index (χ4n) is 1.80. The van der Waals surface area contributed by atoms with Gasteiger partial charge < -0.3 is 10.0 Å². The van der Waals surface area contributed by atoms with Gasteiger partial charge in [-0.1, -0.05) is 6.07 Å². The number of aryl methyl sites for hydroxylation is 1. The molecule has 0 radical (unpaired) electrons. The van der Waals surface area contributed by atoms with E-state index in [1.807, 2.05) is 19.1 Å². The highest BCUT2D eigenvalue weighted by molar-refractivity contribution is 6.18. The van der Waals surface area contributed by atoms with E-state index in [9.17, 15) is 0 Å². The average Bonchev–Trinajstić information content (AvgIpc) is 2.40. The topological polar surface area (TPSA) is 35.8 Å². The number of hydrogen-bond acceptors (Lipinski definition) is 3. The highest BCUT2D eigenvalue weighted by atomic mass is 35.5. The van der Waals surface area contributed by atoms with E-state index in [0.29, 0.717) is 18.3 Å². The molecule has 0 saturated heterocycles. The normalized spacial score (nSPS) is 11.2. The predicted octanol–water partition coefficient (Wildman–Crippen LogP) is 2.69. The van der Waals surface area contributed by atoms with Crippen molar-refractivity contribution in [3.8, 4) is 0 Å². The summed E-state index contributed by atoms with van der Waals surface area (Å²) in [5, 5.41) is 8.70. The molecule has 0 amide bonds. The number of aliphatic hydroxyl groups excluding tert-OH is 1. The highest BCUT2D eigenvalue weighted by Gasteiger charge is 2.06. The molecule has 0 aliphatic carbocycles. The van der Waals surface area contributed by atoms with Crippen LogP contribution in [0.1, 0.15) is 11.1 Å². The fourth-order valence-corrected chi connectivity index (χ4v) is 2.20. The maximum atomic E-state index is 8.70. The van der Waals surface area contributed by atoms with E-state index in [0.717, 1.165) is 29.9 Å². The first-order chi connectivity index (χ1) is 9.22. The molecule has 0 bridgehead atoms. The van der Waals surface area contributed by atoms with E-state index >= 15 is 0 Å². The Morgan fingerprint density at radius 2 is 1.95 bits per heavy atom. The second-order valence-electron chi connectivity index (χ2n) is 4.16. The van der Waals surface area contributed by atoms with Crippen LogP contribution in [-0.4, -0.2) is 49.3 Å². The van der Waals surface area contributed by atoms with Crippen LogP contribution < -0.4 is 4.90 Å². The lowest BCUT2D eigenvalue weighted by atomic mass is 10.1. The van der Waals surface area contributed by atoms with Crippen LogP contribution in [0.4, 0.5) is 5.69 Å². The van der Waals surface area contributed by atoms with Gasteiger partial charge in [-0.2, -0.15) is 0 Å². The van der Waals surface area contributed by atoms with Crippen molar-refractivity contribution in [3.63, 3.8) is 0 Å². The first kappa shape index (κ1) is 16.3. The smallest absolute Gasteiger partial charge is 0.0626 e. The lowest BCUT2D eigenvalue weighted by Crippen LogP contribution is -2.27. The van der Waals surface area contributed by atoms with Crippen molar-refractivity contribution in [3.05, 3.63) is 29.3 Å².